The largest absolute Gasteiger partial charge is 0.479 e. The number of rotatable bonds is 4. The van der Waals surface area contributed by atoms with E-state index in [0.717, 1.165) is 26.9 Å². The number of para-hydroxylation sites is 1. The summed E-state index contributed by atoms with van der Waals surface area (Å²) in [5.41, 5.74) is 2.39. The van der Waals surface area contributed by atoms with Gasteiger partial charge in [-0.15, -0.1) is 0 Å². The van der Waals surface area contributed by atoms with Crippen molar-refractivity contribution >= 4 is 27.6 Å². The van der Waals surface area contributed by atoms with E-state index in [9.17, 15) is 9.90 Å². The highest BCUT2D eigenvalue weighted by molar-refractivity contribution is 9.10. The lowest BCUT2D eigenvalue weighted by Crippen LogP contribution is -2.40. The van der Waals surface area contributed by atoms with Crippen molar-refractivity contribution in [2.24, 2.45) is 0 Å². The SMILES string of the molecule is Cc1cc(C)cc(C(C)(Nc2ccccc2Br)C(=O)O)c1. The molecule has 1 atom stereocenters. The molecule has 0 aromatic heterocycles. The highest BCUT2D eigenvalue weighted by atomic mass is 79.9. The lowest BCUT2D eigenvalue weighted by atomic mass is 9.89. The Labute approximate surface area is 133 Å². The van der Waals surface area contributed by atoms with Crippen LogP contribution in [0.3, 0.4) is 0 Å². The number of hydrogen-bond donors (Lipinski definition) is 2. The smallest absolute Gasteiger partial charge is 0.333 e. The van der Waals surface area contributed by atoms with Crippen molar-refractivity contribution in [2.75, 3.05) is 5.32 Å². The highest BCUT2D eigenvalue weighted by Crippen LogP contribution is 2.31. The third-order valence-electron chi connectivity index (χ3n) is 3.49. The van der Waals surface area contributed by atoms with Crippen LogP contribution in [0.2, 0.25) is 0 Å². The van der Waals surface area contributed by atoms with E-state index in [0.29, 0.717) is 0 Å². The molecule has 4 heteroatoms. The summed E-state index contributed by atoms with van der Waals surface area (Å²) in [5, 5.41) is 12.9. The van der Waals surface area contributed by atoms with Crippen molar-refractivity contribution in [3.8, 4) is 0 Å². The van der Waals surface area contributed by atoms with Gasteiger partial charge in [-0.1, -0.05) is 41.5 Å². The van der Waals surface area contributed by atoms with E-state index >= 15 is 0 Å². The maximum atomic E-state index is 11.9. The van der Waals surface area contributed by atoms with Gasteiger partial charge in [0.1, 0.15) is 0 Å². The van der Waals surface area contributed by atoms with Gasteiger partial charge in [0.2, 0.25) is 0 Å². The molecule has 0 amide bonds. The fourth-order valence-corrected chi connectivity index (χ4v) is 2.73. The Kier molecular flexibility index (Phi) is 4.37. The van der Waals surface area contributed by atoms with Crippen LogP contribution in [-0.2, 0) is 10.3 Å². The number of carboxylic acid groups (broad SMARTS) is 1. The Morgan fingerprint density at radius 3 is 2.24 bits per heavy atom. The molecule has 2 aromatic rings. The number of anilines is 1. The molecule has 0 saturated heterocycles. The molecule has 2 N–H and O–H groups in total. The van der Waals surface area contributed by atoms with Gasteiger partial charge in [-0.05, 0) is 54.4 Å². The number of benzene rings is 2. The molecule has 2 rings (SSSR count). The van der Waals surface area contributed by atoms with Gasteiger partial charge in [0.05, 0.1) is 0 Å². The second-order valence-corrected chi connectivity index (χ2v) is 6.27. The molecule has 3 nitrogen and oxygen atoms in total. The molecule has 0 fully saturated rings. The van der Waals surface area contributed by atoms with Crippen molar-refractivity contribution in [1.82, 2.24) is 0 Å². The van der Waals surface area contributed by atoms with E-state index in [1.54, 1.807) is 6.92 Å². The molecular formula is C17H18BrNO2. The zero-order valence-corrected chi connectivity index (χ0v) is 13.9. The fourth-order valence-electron chi connectivity index (χ4n) is 2.34. The molecule has 0 aliphatic carbocycles. The predicted molar refractivity (Wildman–Crippen MR) is 88.7 cm³/mol. The van der Waals surface area contributed by atoms with Crippen LogP contribution in [0, 0.1) is 13.8 Å². The van der Waals surface area contributed by atoms with Gasteiger partial charge in [0.25, 0.3) is 0 Å². The zero-order chi connectivity index (χ0) is 15.6. The molecule has 1 unspecified atom stereocenters. The average molecular weight is 348 g/mol. The maximum Gasteiger partial charge on any atom is 0.333 e. The first-order valence-corrected chi connectivity index (χ1v) is 7.47. The lowest BCUT2D eigenvalue weighted by Gasteiger charge is -2.29. The van der Waals surface area contributed by atoms with E-state index < -0.39 is 11.5 Å². The molecule has 21 heavy (non-hydrogen) atoms. The highest BCUT2D eigenvalue weighted by Gasteiger charge is 2.35. The summed E-state index contributed by atoms with van der Waals surface area (Å²) in [4.78, 5) is 11.9. The first kappa shape index (κ1) is 15.6. The molecule has 0 radical (unpaired) electrons. The van der Waals surface area contributed by atoms with E-state index in [1.807, 2.05) is 56.3 Å². The molecule has 0 aliphatic heterocycles. The molecular weight excluding hydrogens is 330 g/mol. The van der Waals surface area contributed by atoms with E-state index in [1.165, 1.54) is 0 Å². The molecule has 0 aliphatic rings. The van der Waals surface area contributed by atoms with Crippen LogP contribution in [0.4, 0.5) is 5.69 Å². The predicted octanol–water partition coefficient (Wildman–Crippen LogP) is 4.48. The van der Waals surface area contributed by atoms with Crippen LogP contribution in [-0.4, -0.2) is 11.1 Å². The molecule has 0 spiro atoms. The van der Waals surface area contributed by atoms with Gasteiger partial charge in [0, 0.05) is 10.2 Å². The Morgan fingerprint density at radius 1 is 1.14 bits per heavy atom. The fraction of sp³-hybridized carbons (Fsp3) is 0.235. The van der Waals surface area contributed by atoms with Gasteiger partial charge in [-0.2, -0.15) is 0 Å². The summed E-state index contributed by atoms with van der Waals surface area (Å²) < 4.78 is 0.835. The van der Waals surface area contributed by atoms with Crippen molar-refractivity contribution in [3.05, 3.63) is 63.6 Å². The Hall–Kier alpha value is -1.81. The number of hydrogen-bond acceptors (Lipinski definition) is 2. The van der Waals surface area contributed by atoms with Crippen LogP contribution in [0.15, 0.2) is 46.9 Å². The molecule has 0 heterocycles. The van der Waals surface area contributed by atoms with Crippen LogP contribution >= 0.6 is 15.9 Å². The van der Waals surface area contributed by atoms with Gasteiger partial charge < -0.3 is 10.4 Å². The number of carbonyl (C=O) groups is 1. The quantitative estimate of drug-likeness (QED) is 0.857. The minimum absolute atomic E-state index is 0.739. The van der Waals surface area contributed by atoms with Crippen LogP contribution in [0.25, 0.3) is 0 Å². The summed E-state index contributed by atoms with van der Waals surface area (Å²) in [7, 11) is 0. The number of carboxylic acids is 1. The van der Waals surface area contributed by atoms with Crippen molar-refractivity contribution < 1.29 is 9.90 Å². The van der Waals surface area contributed by atoms with Gasteiger partial charge in [-0.25, -0.2) is 4.79 Å². The number of halogens is 1. The third-order valence-corrected chi connectivity index (χ3v) is 4.18. The Bertz CT molecular complexity index is 664. The minimum atomic E-state index is -1.19. The summed E-state index contributed by atoms with van der Waals surface area (Å²) >= 11 is 3.44. The zero-order valence-electron chi connectivity index (χ0n) is 12.3. The van der Waals surface area contributed by atoms with Crippen molar-refractivity contribution in [3.63, 3.8) is 0 Å². The van der Waals surface area contributed by atoms with Gasteiger partial charge in [-0.3, -0.25) is 0 Å². The minimum Gasteiger partial charge on any atom is -0.479 e. The summed E-state index contributed by atoms with van der Waals surface area (Å²) in [6.07, 6.45) is 0. The van der Waals surface area contributed by atoms with E-state index in [2.05, 4.69) is 21.2 Å². The molecule has 0 bridgehead atoms. The number of aliphatic carboxylic acids is 1. The molecule has 110 valence electrons. The summed E-state index contributed by atoms with van der Waals surface area (Å²) in [6.45, 7) is 5.62. The molecule has 0 saturated carbocycles. The summed E-state index contributed by atoms with van der Waals surface area (Å²) in [5.74, 6) is -0.914. The van der Waals surface area contributed by atoms with E-state index in [-0.39, 0.29) is 0 Å². The topological polar surface area (TPSA) is 49.3 Å². The normalized spacial score (nSPS) is 13.5. The third kappa shape index (κ3) is 3.27. The Morgan fingerprint density at radius 2 is 1.71 bits per heavy atom. The lowest BCUT2D eigenvalue weighted by molar-refractivity contribution is -0.142. The average Bonchev–Trinajstić information content (AvgIpc) is 2.40. The van der Waals surface area contributed by atoms with Crippen LogP contribution < -0.4 is 5.32 Å². The van der Waals surface area contributed by atoms with Crippen molar-refractivity contribution in [2.45, 2.75) is 26.3 Å². The first-order valence-electron chi connectivity index (χ1n) is 6.68. The standard InChI is InChI=1S/C17H18BrNO2/c1-11-8-12(2)10-13(9-11)17(3,16(20)21)19-15-7-5-4-6-14(15)18/h4-10,19H,1-3H3,(H,20,21). The van der Waals surface area contributed by atoms with Crippen LogP contribution in [0.5, 0.6) is 0 Å². The second-order valence-electron chi connectivity index (χ2n) is 5.41. The maximum absolute atomic E-state index is 11.9. The van der Waals surface area contributed by atoms with E-state index in [4.69, 9.17) is 0 Å². The van der Waals surface area contributed by atoms with Gasteiger partial charge in [0.15, 0.2) is 5.54 Å². The monoisotopic (exact) mass is 347 g/mol. The number of aryl methyl sites for hydroxylation is 2. The molecule has 2 aromatic carbocycles. The van der Waals surface area contributed by atoms with Crippen LogP contribution in [0.1, 0.15) is 23.6 Å². The van der Waals surface area contributed by atoms with Crippen molar-refractivity contribution in [1.29, 1.82) is 0 Å². The first-order chi connectivity index (χ1) is 9.83. The second kappa shape index (κ2) is 5.90. The number of nitrogens with one attached hydrogen (secondary N) is 1. The Balaban J connectivity index is 2.50. The summed E-state index contributed by atoms with van der Waals surface area (Å²) in [6, 6.07) is 13.3. The van der Waals surface area contributed by atoms with Gasteiger partial charge >= 0.3 is 5.97 Å².